The first-order valence-corrected chi connectivity index (χ1v) is 9.44. The predicted octanol–water partition coefficient (Wildman–Crippen LogP) is 7.09. The molecule has 29 heavy (non-hydrogen) atoms. The first-order valence-electron chi connectivity index (χ1n) is 9.44. The highest BCUT2D eigenvalue weighted by atomic mass is 19.4. The predicted molar refractivity (Wildman–Crippen MR) is 102 cm³/mol. The maximum absolute atomic E-state index is 13.3. The van der Waals surface area contributed by atoms with Crippen molar-refractivity contribution in [2.24, 2.45) is 5.92 Å². The summed E-state index contributed by atoms with van der Waals surface area (Å²) in [6.45, 7) is 0. The minimum atomic E-state index is -4.44. The van der Waals surface area contributed by atoms with Crippen molar-refractivity contribution in [1.82, 2.24) is 9.97 Å². The lowest BCUT2D eigenvalue weighted by molar-refractivity contribution is -0.137. The first kappa shape index (κ1) is 19.6. The van der Waals surface area contributed by atoms with Crippen LogP contribution in [-0.2, 0) is 6.18 Å². The van der Waals surface area contributed by atoms with Crippen LogP contribution in [0.1, 0.15) is 37.1 Å². The van der Waals surface area contributed by atoms with Gasteiger partial charge < -0.3 is 4.98 Å². The number of alkyl halides is 5. The van der Waals surface area contributed by atoms with E-state index in [2.05, 4.69) is 9.97 Å². The van der Waals surface area contributed by atoms with Crippen molar-refractivity contribution in [3.05, 3.63) is 59.9 Å². The second kappa shape index (κ2) is 7.28. The molecule has 0 radical (unpaired) electrons. The van der Waals surface area contributed by atoms with E-state index in [4.69, 9.17) is 0 Å². The number of rotatable bonds is 3. The molecule has 1 aliphatic carbocycles. The van der Waals surface area contributed by atoms with E-state index in [1.165, 1.54) is 12.1 Å². The molecule has 2 aromatic carbocycles. The monoisotopic (exact) mass is 406 g/mol. The van der Waals surface area contributed by atoms with E-state index in [-0.39, 0.29) is 24.3 Å². The van der Waals surface area contributed by atoms with Gasteiger partial charge >= 0.3 is 6.18 Å². The van der Waals surface area contributed by atoms with Crippen LogP contribution in [0.4, 0.5) is 22.0 Å². The summed E-state index contributed by atoms with van der Waals surface area (Å²) in [5.74, 6) is -1.93. The highest BCUT2D eigenvalue weighted by Crippen LogP contribution is 2.38. The molecule has 1 saturated carbocycles. The number of nitrogens with one attached hydrogen (secondary N) is 1. The number of allylic oxidation sites excluding steroid dienone is 1. The van der Waals surface area contributed by atoms with E-state index in [1.54, 1.807) is 30.3 Å². The van der Waals surface area contributed by atoms with Gasteiger partial charge in [-0.15, -0.1) is 0 Å². The van der Waals surface area contributed by atoms with Crippen molar-refractivity contribution in [3.63, 3.8) is 0 Å². The number of fused-ring (bicyclic) bond motifs is 1. The average Bonchev–Trinajstić information content (AvgIpc) is 3.08. The van der Waals surface area contributed by atoms with Crippen LogP contribution in [0.2, 0.25) is 0 Å². The van der Waals surface area contributed by atoms with Crippen LogP contribution in [-0.4, -0.2) is 15.9 Å². The lowest BCUT2D eigenvalue weighted by Gasteiger charge is -2.26. The van der Waals surface area contributed by atoms with Gasteiger partial charge in [0.05, 0.1) is 16.6 Å². The van der Waals surface area contributed by atoms with Crippen LogP contribution >= 0.6 is 0 Å². The van der Waals surface area contributed by atoms with Gasteiger partial charge in [0.1, 0.15) is 5.82 Å². The number of halogens is 5. The number of nitrogens with zero attached hydrogens (tertiary/aromatic N) is 1. The average molecular weight is 406 g/mol. The Bertz CT molecular complexity index is 1040. The molecule has 3 aromatic rings. The number of benzene rings is 2. The van der Waals surface area contributed by atoms with Crippen molar-refractivity contribution < 1.29 is 22.0 Å². The van der Waals surface area contributed by atoms with Crippen LogP contribution in [0.5, 0.6) is 0 Å². The second-order valence-corrected chi connectivity index (χ2v) is 7.45. The molecule has 0 aliphatic heterocycles. The van der Waals surface area contributed by atoms with Gasteiger partial charge in [-0.2, -0.15) is 13.2 Å². The van der Waals surface area contributed by atoms with E-state index in [1.807, 2.05) is 6.08 Å². The summed E-state index contributed by atoms with van der Waals surface area (Å²) in [5, 5.41) is 0. The molecule has 0 saturated heterocycles. The van der Waals surface area contributed by atoms with Crippen LogP contribution in [0.15, 0.2) is 48.5 Å². The highest BCUT2D eigenvalue weighted by Gasteiger charge is 2.34. The van der Waals surface area contributed by atoms with E-state index in [9.17, 15) is 22.0 Å². The number of aromatic nitrogens is 2. The van der Waals surface area contributed by atoms with E-state index >= 15 is 0 Å². The summed E-state index contributed by atoms with van der Waals surface area (Å²) < 4.78 is 66.4. The lowest BCUT2D eigenvalue weighted by Crippen LogP contribution is -2.23. The van der Waals surface area contributed by atoms with Crippen LogP contribution in [0.25, 0.3) is 28.2 Å². The highest BCUT2D eigenvalue weighted by molar-refractivity contribution is 5.83. The molecule has 1 aliphatic rings. The Morgan fingerprint density at radius 2 is 1.76 bits per heavy atom. The van der Waals surface area contributed by atoms with Gasteiger partial charge in [-0.3, -0.25) is 0 Å². The van der Waals surface area contributed by atoms with Crippen molar-refractivity contribution in [1.29, 1.82) is 0 Å². The van der Waals surface area contributed by atoms with Crippen LogP contribution < -0.4 is 0 Å². The standard InChI is InChI=1S/C22H19F5N2/c23-21(24)11-9-14(10-12-21)5-8-20-28-18-7-6-15(13-19(18)29-20)16-3-1-2-4-17(16)22(25,26)27/h1-8,13-14H,9-12H2,(H,28,29). The smallest absolute Gasteiger partial charge is 0.338 e. The Balaban J connectivity index is 1.59. The maximum Gasteiger partial charge on any atom is 0.417 e. The lowest BCUT2D eigenvalue weighted by atomic mass is 9.86. The molecule has 0 unspecified atom stereocenters. The van der Waals surface area contributed by atoms with Crippen molar-refractivity contribution in [2.45, 2.75) is 37.8 Å². The van der Waals surface area contributed by atoms with Gasteiger partial charge in [0.25, 0.3) is 0 Å². The molecule has 2 nitrogen and oxygen atoms in total. The number of hydrogen-bond donors (Lipinski definition) is 1. The number of hydrogen-bond acceptors (Lipinski definition) is 1. The number of imidazole rings is 1. The van der Waals surface area contributed by atoms with Gasteiger partial charge in [0.15, 0.2) is 0 Å². The van der Waals surface area contributed by atoms with E-state index in [0.29, 0.717) is 35.3 Å². The SMILES string of the molecule is FC1(F)CCC(C=Cc2nc3cc(-c4ccccc4C(F)(F)F)ccc3[nH]2)CC1. The minimum Gasteiger partial charge on any atom is -0.338 e. The fraction of sp³-hybridized carbons (Fsp3) is 0.318. The summed E-state index contributed by atoms with van der Waals surface area (Å²) in [6.07, 6.45) is -0.148. The molecule has 0 amide bonds. The number of H-pyrrole nitrogens is 1. The Morgan fingerprint density at radius 1 is 1.03 bits per heavy atom. The zero-order chi connectivity index (χ0) is 20.6. The molecule has 7 heteroatoms. The number of aromatic amines is 1. The molecule has 1 N–H and O–H groups in total. The van der Waals surface area contributed by atoms with Gasteiger partial charge in [0.2, 0.25) is 5.92 Å². The Kier molecular flexibility index (Phi) is 4.92. The summed E-state index contributed by atoms with van der Waals surface area (Å²) in [5.41, 5.74) is 1.10. The fourth-order valence-electron chi connectivity index (χ4n) is 3.74. The molecular formula is C22H19F5N2. The third kappa shape index (κ3) is 4.33. The van der Waals surface area contributed by atoms with Crippen LogP contribution in [0.3, 0.4) is 0 Å². The molecule has 152 valence electrons. The minimum absolute atomic E-state index is 0.0806. The molecule has 0 bridgehead atoms. The van der Waals surface area contributed by atoms with Crippen molar-refractivity contribution >= 4 is 17.1 Å². The Labute approximate surface area is 164 Å². The zero-order valence-electron chi connectivity index (χ0n) is 15.4. The molecule has 0 atom stereocenters. The zero-order valence-corrected chi connectivity index (χ0v) is 15.4. The second-order valence-electron chi connectivity index (χ2n) is 7.45. The van der Waals surface area contributed by atoms with Crippen molar-refractivity contribution in [2.75, 3.05) is 0 Å². The van der Waals surface area contributed by atoms with E-state index in [0.717, 1.165) is 6.07 Å². The normalized spacial score (nSPS) is 18.0. The van der Waals surface area contributed by atoms with E-state index < -0.39 is 17.7 Å². The van der Waals surface area contributed by atoms with Crippen molar-refractivity contribution in [3.8, 4) is 11.1 Å². The molecule has 1 aromatic heterocycles. The molecular weight excluding hydrogens is 387 g/mol. The topological polar surface area (TPSA) is 28.7 Å². The molecule has 4 rings (SSSR count). The summed E-state index contributed by atoms with van der Waals surface area (Å²) in [4.78, 5) is 7.54. The van der Waals surface area contributed by atoms with Gasteiger partial charge in [-0.25, -0.2) is 13.8 Å². The third-order valence-corrected chi connectivity index (χ3v) is 5.33. The first-order chi connectivity index (χ1) is 13.7. The maximum atomic E-state index is 13.3. The Morgan fingerprint density at radius 3 is 2.48 bits per heavy atom. The molecule has 1 heterocycles. The Hall–Kier alpha value is -2.70. The van der Waals surface area contributed by atoms with Gasteiger partial charge in [-0.1, -0.05) is 30.3 Å². The van der Waals surface area contributed by atoms with Crippen LogP contribution in [0, 0.1) is 5.92 Å². The molecule has 0 spiro atoms. The van der Waals surface area contributed by atoms with Gasteiger partial charge in [0, 0.05) is 12.8 Å². The summed E-state index contributed by atoms with van der Waals surface area (Å²) >= 11 is 0. The van der Waals surface area contributed by atoms with Gasteiger partial charge in [-0.05, 0) is 54.2 Å². The fourth-order valence-corrected chi connectivity index (χ4v) is 3.74. The summed E-state index contributed by atoms with van der Waals surface area (Å²) in [6, 6.07) is 10.4. The quantitative estimate of drug-likeness (QED) is 0.462. The third-order valence-electron chi connectivity index (χ3n) is 5.33. The summed E-state index contributed by atoms with van der Waals surface area (Å²) in [7, 11) is 0. The molecule has 1 fully saturated rings. The largest absolute Gasteiger partial charge is 0.417 e.